The molecule has 3 aromatic carbocycles. The predicted octanol–water partition coefficient (Wildman–Crippen LogP) is 3.44. The van der Waals surface area contributed by atoms with Crippen LogP contribution in [0.5, 0.6) is 0 Å². The van der Waals surface area contributed by atoms with E-state index in [0.717, 1.165) is 10.5 Å². The molecule has 0 saturated carbocycles. The summed E-state index contributed by atoms with van der Waals surface area (Å²) in [6.07, 6.45) is 0.344. The lowest BCUT2D eigenvalue weighted by Gasteiger charge is -2.30. The van der Waals surface area contributed by atoms with E-state index in [-0.39, 0.29) is 18.7 Å². The minimum absolute atomic E-state index is 0.0997. The Labute approximate surface area is 208 Å². The van der Waals surface area contributed by atoms with E-state index in [1.165, 1.54) is 4.90 Å². The number of urea groups is 1. The summed E-state index contributed by atoms with van der Waals surface area (Å²) < 4.78 is 0. The van der Waals surface area contributed by atoms with Gasteiger partial charge in [0.15, 0.2) is 5.54 Å². The SMILES string of the molecule is C[C@H]1CC(=O)Nc2ccccc2N1C(=O)CN1C(=O)N[C@@](Cc2ccccc2)(c2ccccc2)C1=O. The first kappa shape index (κ1) is 23.3. The van der Waals surface area contributed by atoms with Crippen LogP contribution in [0, 0.1) is 0 Å². The summed E-state index contributed by atoms with van der Waals surface area (Å²) in [5.41, 5.74) is 1.24. The van der Waals surface area contributed by atoms with Crippen LogP contribution < -0.4 is 15.5 Å². The third kappa shape index (κ3) is 4.11. The topological polar surface area (TPSA) is 98.8 Å². The van der Waals surface area contributed by atoms with Crippen LogP contribution in [0.25, 0.3) is 0 Å². The van der Waals surface area contributed by atoms with Crippen molar-refractivity contribution in [2.75, 3.05) is 16.8 Å². The van der Waals surface area contributed by atoms with Gasteiger partial charge in [0.05, 0.1) is 11.4 Å². The number of para-hydroxylation sites is 2. The summed E-state index contributed by atoms with van der Waals surface area (Å²) in [7, 11) is 0. The third-order valence-electron chi connectivity index (χ3n) is 6.68. The molecule has 1 saturated heterocycles. The summed E-state index contributed by atoms with van der Waals surface area (Å²) in [5.74, 6) is -1.13. The minimum atomic E-state index is -1.33. The molecule has 182 valence electrons. The van der Waals surface area contributed by atoms with Gasteiger partial charge in [-0.3, -0.25) is 19.3 Å². The number of hydrogen-bond acceptors (Lipinski definition) is 4. The fourth-order valence-corrected chi connectivity index (χ4v) is 4.99. The first-order valence-corrected chi connectivity index (χ1v) is 11.8. The summed E-state index contributed by atoms with van der Waals surface area (Å²) in [6.45, 7) is 1.33. The number of carbonyl (C=O) groups is 4. The molecular weight excluding hydrogens is 456 g/mol. The highest BCUT2D eigenvalue weighted by Gasteiger charge is 2.53. The highest BCUT2D eigenvalue weighted by Crippen LogP contribution is 2.35. The van der Waals surface area contributed by atoms with E-state index in [9.17, 15) is 19.2 Å². The van der Waals surface area contributed by atoms with Gasteiger partial charge in [-0.1, -0.05) is 72.8 Å². The number of rotatable bonds is 5. The highest BCUT2D eigenvalue weighted by molar-refractivity contribution is 6.12. The molecule has 2 aliphatic heterocycles. The van der Waals surface area contributed by atoms with Gasteiger partial charge in [-0.2, -0.15) is 0 Å². The average Bonchev–Trinajstić information content (AvgIpc) is 3.02. The van der Waals surface area contributed by atoms with Gasteiger partial charge in [0.1, 0.15) is 6.54 Å². The second-order valence-electron chi connectivity index (χ2n) is 9.14. The third-order valence-corrected chi connectivity index (χ3v) is 6.68. The van der Waals surface area contributed by atoms with Crippen molar-refractivity contribution in [2.24, 2.45) is 0 Å². The lowest BCUT2D eigenvalue weighted by Crippen LogP contribution is -2.48. The molecule has 2 heterocycles. The Balaban J connectivity index is 1.47. The standard InChI is InChI=1S/C28H26N4O4/c1-19-16-24(33)29-22-14-8-9-15-23(22)32(19)25(34)18-31-26(35)28(30-27(31)36,21-12-6-3-7-13-21)17-20-10-4-2-5-11-20/h2-15,19H,16-18H2,1H3,(H,29,33)(H,30,36)/t19-,28-/m0/s1. The van der Waals surface area contributed by atoms with Crippen molar-refractivity contribution in [3.05, 3.63) is 96.1 Å². The highest BCUT2D eigenvalue weighted by atomic mass is 16.2. The predicted molar refractivity (Wildman–Crippen MR) is 135 cm³/mol. The Morgan fingerprint density at radius 3 is 2.28 bits per heavy atom. The van der Waals surface area contributed by atoms with Crippen LogP contribution in [0.4, 0.5) is 16.2 Å². The monoisotopic (exact) mass is 482 g/mol. The largest absolute Gasteiger partial charge is 0.325 e. The molecule has 0 aromatic heterocycles. The maximum absolute atomic E-state index is 13.9. The molecule has 5 amide bonds. The number of imide groups is 1. The molecular formula is C28H26N4O4. The van der Waals surface area contributed by atoms with Gasteiger partial charge in [-0.25, -0.2) is 4.79 Å². The molecule has 0 spiro atoms. The summed E-state index contributed by atoms with van der Waals surface area (Å²) in [5, 5.41) is 5.71. The van der Waals surface area contributed by atoms with Gasteiger partial charge < -0.3 is 15.5 Å². The zero-order valence-corrected chi connectivity index (χ0v) is 19.8. The number of fused-ring (bicyclic) bond motifs is 1. The number of anilines is 2. The first-order valence-electron chi connectivity index (χ1n) is 11.8. The molecule has 2 N–H and O–H groups in total. The Bertz CT molecular complexity index is 1330. The molecule has 2 aliphatic rings. The molecule has 5 rings (SSSR count). The average molecular weight is 483 g/mol. The lowest BCUT2D eigenvalue weighted by atomic mass is 9.83. The Morgan fingerprint density at radius 1 is 0.917 bits per heavy atom. The molecule has 8 heteroatoms. The summed E-state index contributed by atoms with van der Waals surface area (Å²) in [4.78, 5) is 55.5. The van der Waals surface area contributed by atoms with E-state index in [1.54, 1.807) is 43.3 Å². The van der Waals surface area contributed by atoms with Gasteiger partial charge in [0, 0.05) is 18.9 Å². The van der Waals surface area contributed by atoms with E-state index in [1.807, 2.05) is 48.5 Å². The Morgan fingerprint density at radius 2 is 1.56 bits per heavy atom. The fraction of sp³-hybridized carbons (Fsp3) is 0.214. The maximum atomic E-state index is 13.9. The Kier molecular flexibility index (Phi) is 6.01. The number of nitrogens with one attached hydrogen (secondary N) is 2. The number of hydrogen-bond donors (Lipinski definition) is 2. The molecule has 1 fully saturated rings. The van der Waals surface area contributed by atoms with Crippen molar-refractivity contribution >= 4 is 35.1 Å². The lowest BCUT2D eigenvalue weighted by molar-refractivity contribution is -0.134. The normalized spacial score (nSPS) is 21.5. The van der Waals surface area contributed by atoms with E-state index in [4.69, 9.17) is 0 Å². The molecule has 0 aliphatic carbocycles. The fourth-order valence-electron chi connectivity index (χ4n) is 4.99. The quantitative estimate of drug-likeness (QED) is 0.545. The molecule has 3 aromatic rings. The second kappa shape index (κ2) is 9.30. The van der Waals surface area contributed by atoms with Gasteiger partial charge in [-0.15, -0.1) is 0 Å². The number of amides is 5. The summed E-state index contributed by atoms with van der Waals surface area (Å²) >= 11 is 0. The summed E-state index contributed by atoms with van der Waals surface area (Å²) in [6, 6.07) is 24.5. The van der Waals surface area contributed by atoms with Crippen LogP contribution in [-0.2, 0) is 26.3 Å². The minimum Gasteiger partial charge on any atom is -0.324 e. The molecule has 0 bridgehead atoms. The van der Waals surface area contributed by atoms with Crippen molar-refractivity contribution in [1.82, 2.24) is 10.2 Å². The van der Waals surface area contributed by atoms with Gasteiger partial charge in [0.25, 0.3) is 5.91 Å². The van der Waals surface area contributed by atoms with E-state index < -0.39 is 36.0 Å². The molecule has 2 atom stereocenters. The molecule has 36 heavy (non-hydrogen) atoms. The van der Waals surface area contributed by atoms with Crippen LogP contribution in [0.2, 0.25) is 0 Å². The van der Waals surface area contributed by atoms with Crippen molar-refractivity contribution in [2.45, 2.75) is 31.3 Å². The van der Waals surface area contributed by atoms with Gasteiger partial charge in [0.2, 0.25) is 11.8 Å². The second-order valence-corrected chi connectivity index (χ2v) is 9.14. The van der Waals surface area contributed by atoms with Crippen molar-refractivity contribution in [3.8, 4) is 0 Å². The first-order chi connectivity index (χ1) is 17.4. The molecule has 8 nitrogen and oxygen atoms in total. The smallest absolute Gasteiger partial charge is 0.324 e. The molecule has 0 radical (unpaired) electrons. The Hall–Kier alpha value is -4.46. The number of benzene rings is 3. The maximum Gasteiger partial charge on any atom is 0.325 e. The zero-order valence-electron chi connectivity index (χ0n) is 19.8. The van der Waals surface area contributed by atoms with Crippen LogP contribution in [-0.4, -0.2) is 41.2 Å². The van der Waals surface area contributed by atoms with Gasteiger partial charge in [-0.05, 0) is 30.2 Å². The van der Waals surface area contributed by atoms with E-state index >= 15 is 0 Å². The van der Waals surface area contributed by atoms with Crippen molar-refractivity contribution in [1.29, 1.82) is 0 Å². The van der Waals surface area contributed by atoms with Crippen LogP contribution in [0.3, 0.4) is 0 Å². The van der Waals surface area contributed by atoms with E-state index in [0.29, 0.717) is 16.9 Å². The zero-order chi connectivity index (χ0) is 25.3. The van der Waals surface area contributed by atoms with Crippen molar-refractivity contribution < 1.29 is 19.2 Å². The van der Waals surface area contributed by atoms with Gasteiger partial charge >= 0.3 is 6.03 Å². The molecule has 0 unspecified atom stereocenters. The van der Waals surface area contributed by atoms with Crippen LogP contribution >= 0.6 is 0 Å². The number of nitrogens with zero attached hydrogens (tertiary/aromatic N) is 2. The van der Waals surface area contributed by atoms with Crippen molar-refractivity contribution in [3.63, 3.8) is 0 Å². The van der Waals surface area contributed by atoms with Crippen LogP contribution in [0.1, 0.15) is 24.5 Å². The van der Waals surface area contributed by atoms with Crippen LogP contribution in [0.15, 0.2) is 84.9 Å². The van der Waals surface area contributed by atoms with E-state index in [2.05, 4.69) is 10.6 Å². The number of carbonyl (C=O) groups excluding carboxylic acids is 4.